The maximum absolute atomic E-state index is 13.7. The molecule has 0 saturated heterocycles. The van der Waals surface area contributed by atoms with Crippen LogP contribution in [-0.4, -0.2) is 13.1 Å². The van der Waals surface area contributed by atoms with E-state index in [0.717, 1.165) is 36.1 Å². The molecule has 3 nitrogen and oxygen atoms in total. The summed E-state index contributed by atoms with van der Waals surface area (Å²) in [7, 11) is 1.40. The first kappa shape index (κ1) is 15.2. The van der Waals surface area contributed by atoms with Gasteiger partial charge in [0.1, 0.15) is 5.82 Å². The van der Waals surface area contributed by atoms with Crippen molar-refractivity contribution in [2.45, 2.75) is 37.6 Å². The highest BCUT2D eigenvalue weighted by Gasteiger charge is 2.50. The fourth-order valence-corrected chi connectivity index (χ4v) is 3.89. The van der Waals surface area contributed by atoms with Crippen molar-refractivity contribution in [1.82, 2.24) is 0 Å². The zero-order valence-corrected chi connectivity index (χ0v) is 13.9. The van der Waals surface area contributed by atoms with E-state index in [1.807, 2.05) is 25.1 Å². The van der Waals surface area contributed by atoms with Gasteiger partial charge in [0.25, 0.3) is 0 Å². The molecule has 4 heteroatoms. The number of rotatable bonds is 2. The molecule has 0 amide bonds. The van der Waals surface area contributed by atoms with E-state index in [4.69, 9.17) is 4.74 Å². The molecule has 0 bridgehead atoms. The Bertz CT molecular complexity index is 826. The zero-order valence-electron chi connectivity index (χ0n) is 13.9. The van der Waals surface area contributed by atoms with Gasteiger partial charge < -0.3 is 10.1 Å². The van der Waals surface area contributed by atoms with Gasteiger partial charge in [0.05, 0.1) is 18.7 Å². The molecule has 1 saturated carbocycles. The van der Waals surface area contributed by atoms with E-state index in [9.17, 15) is 9.18 Å². The van der Waals surface area contributed by atoms with Crippen molar-refractivity contribution in [1.29, 1.82) is 0 Å². The summed E-state index contributed by atoms with van der Waals surface area (Å²) in [5.74, 6) is -0.509. The van der Waals surface area contributed by atoms with E-state index in [2.05, 4.69) is 5.32 Å². The van der Waals surface area contributed by atoms with Gasteiger partial charge in [-0.2, -0.15) is 0 Å². The third kappa shape index (κ3) is 2.37. The number of anilines is 1. The van der Waals surface area contributed by atoms with Gasteiger partial charge in [-0.05, 0) is 78.6 Å². The van der Waals surface area contributed by atoms with Crippen LogP contribution in [0.25, 0.3) is 0 Å². The Kier molecular flexibility index (Phi) is 3.37. The number of benzene rings is 2. The van der Waals surface area contributed by atoms with E-state index in [-0.39, 0.29) is 23.2 Å². The van der Waals surface area contributed by atoms with Crippen molar-refractivity contribution >= 4 is 11.7 Å². The molecule has 1 N–H and O–H groups in total. The first-order chi connectivity index (χ1) is 11.5. The van der Waals surface area contributed by atoms with E-state index < -0.39 is 0 Å². The maximum Gasteiger partial charge on any atom is 0.337 e. The SMILES string of the molecule is COC(=O)c1ccc2c(c1)C1(CC1)CC(c1cc(F)ccc1C)N2. The highest BCUT2D eigenvalue weighted by atomic mass is 19.1. The van der Waals surface area contributed by atoms with Crippen molar-refractivity contribution in [3.05, 3.63) is 64.5 Å². The summed E-state index contributed by atoms with van der Waals surface area (Å²) >= 11 is 0. The molecule has 124 valence electrons. The molecule has 1 fully saturated rings. The summed E-state index contributed by atoms with van der Waals surface area (Å²) in [4.78, 5) is 11.8. The predicted octanol–water partition coefficient (Wildman–Crippen LogP) is 4.51. The quantitative estimate of drug-likeness (QED) is 0.826. The van der Waals surface area contributed by atoms with Gasteiger partial charge in [0, 0.05) is 5.69 Å². The van der Waals surface area contributed by atoms with Crippen LogP contribution in [0.2, 0.25) is 0 Å². The van der Waals surface area contributed by atoms with Crippen molar-refractivity contribution in [3.63, 3.8) is 0 Å². The number of esters is 1. The smallest absolute Gasteiger partial charge is 0.337 e. The summed E-state index contributed by atoms with van der Waals surface area (Å²) in [6.07, 6.45) is 3.14. The molecule has 24 heavy (non-hydrogen) atoms. The summed E-state index contributed by atoms with van der Waals surface area (Å²) in [5, 5.41) is 3.54. The molecule has 1 spiro atoms. The standard InChI is InChI=1S/C20H20FNO2/c1-12-3-5-14(21)10-15(12)18-11-20(7-8-20)16-9-13(19(23)24-2)4-6-17(16)22-18/h3-6,9-10,18,22H,7-8,11H2,1-2H3. The Morgan fingerprint density at radius 1 is 1.25 bits per heavy atom. The summed E-state index contributed by atoms with van der Waals surface area (Å²) < 4.78 is 18.5. The molecule has 0 aromatic heterocycles. The van der Waals surface area contributed by atoms with Gasteiger partial charge in [0.2, 0.25) is 0 Å². The Morgan fingerprint density at radius 3 is 2.75 bits per heavy atom. The number of fused-ring (bicyclic) bond motifs is 2. The molecule has 0 radical (unpaired) electrons. The highest BCUT2D eigenvalue weighted by Crippen LogP contribution is 2.59. The van der Waals surface area contributed by atoms with E-state index in [1.165, 1.54) is 18.7 Å². The third-order valence-electron chi connectivity index (χ3n) is 5.41. The minimum absolute atomic E-state index is 0.0969. The van der Waals surface area contributed by atoms with Gasteiger partial charge in [-0.25, -0.2) is 9.18 Å². The second kappa shape index (κ2) is 5.33. The fraction of sp³-hybridized carbons (Fsp3) is 0.350. The predicted molar refractivity (Wildman–Crippen MR) is 90.8 cm³/mol. The normalized spacial score (nSPS) is 20.2. The number of hydrogen-bond donors (Lipinski definition) is 1. The van der Waals surface area contributed by atoms with Crippen LogP contribution in [0.3, 0.4) is 0 Å². The molecule has 1 atom stereocenters. The van der Waals surface area contributed by atoms with Gasteiger partial charge >= 0.3 is 5.97 Å². The van der Waals surface area contributed by atoms with Crippen LogP contribution in [0.4, 0.5) is 10.1 Å². The van der Waals surface area contributed by atoms with Crippen molar-refractivity contribution in [2.24, 2.45) is 0 Å². The van der Waals surface area contributed by atoms with E-state index in [0.29, 0.717) is 5.56 Å². The Balaban J connectivity index is 1.74. The van der Waals surface area contributed by atoms with Gasteiger partial charge in [-0.15, -0.1) is 0 Å². The molecule has 1 unspecified atom stereocenters. The zero-order chi connectivity index (χ0) is 16.9. The molecule has 1 heterocycles. The lowest BCUT2D eigenvalue weighted by Gasteiger charge is -2.35. The van der Waals surface area contributed by atoms with Crippen LogP contribution < -0.4 is 5.32 Å². The lowest BCUT2D eigenvalue weighted by Crippen LogP contribution is -2.27. The lowest BCUT2D eigenvalue weighted by molar-refractivity contribution is 0.0600. The van der Waals surface area contributed by atoms with Crippen molar-refractivity contribution in [3.8, 4) is 0 Å². The topological polar surface area (TPSA) is 38.3 Å². The fourth-order valence-electron chi connectivity index (χ4n) is 3.89. The van der Waals surface area contributed by atoms with Crippen LogP contribution in [-0.2, 0) is 10.2 Å². The molecule has 2 aromatic carbocycles. The molecule has 1 aliphatic heterocycles. The first-order valence-electron chi connectivity index (χ1n) is 8.28. The molecule has 1 aliphatic carbocycles. The number of halogens is 1. The molecule has 4 rings (SSSR count). The average Bonchev–Trinajstić information content (AvgIpc) is 3.36. The van der Waals surface area contributed by atoms with Gasteiger partial charge in [-0.1, -0.05) is 6.07 Å². The van der Waals surface area contributed by atoms with Crippen molar-refractivity contribution < 1.29 is 13.9 Å². The Labute approximate surface area is 140 Å². The Hall–Kier alpha value is -2.36. The minimum Gasteiger partial charge on any atom is -0.465 e. The number of carbonyl (C=O) groups excluding carboxylic acids is 1. The third-order valence-corrected chi connectivity index (χ3v) is 5.41. The monoisotopic (exact) mass is 325 g/mol. The highest BCUT2D eigenvalue weighted by molar-refractivity contribution is 5.90. The largest absolute Gasteiger partial charge is 0.465 e. The average molecular weight is 325 g/mol. The number of nitrogens with one attached hydrogen (secondary N) is 1. The van der Waals surface area contributed by atoms with E-state index >= 15 is 0 Å². The molecule has 2 aliphatic rings. The number of methoxy groups -OCH3 is 1. The van der Waals surface area contributed by atoms with Crippen LogP contribution in [0.15, 0.2) is 36.4 Å². The molecular weight excluding hydrogens is 305 g/mol. The maximum atomic E-state index is 13.7. The number of ether oxygens (including phenoxy) is 1. The minimum atomic E-state index is -0.309. The van der Waals surface area contributed by atoms with Gasteiger partial charge in [-0.3, -0.25) is 0 Å². The summed E-state index contributed by atoms with van der Waals surface area (Å²) in [6.45, 7) is 2.02. The number of aryl methyl sites for hydroxylation is 1. The summed E-state index contributed by atoms with van der Waals surface area (Å²) in [6, 6.07) is 10.8. The van der Waals surface area contributed by atoms with Gasteiger partial charge in [0.15, 0.2) is 0 Å². The Morgan fingerprint density at radius 2 is 2.04 bits per heavy atom. The first-order valence-corrected chi connectivity index (χ1v) is 8.28. The number of carbonyl (C=O) groups is 1. The summed E-state index contributed by atoms with van der Waals surface area (Å²) in [5.41, 5.74) is 5.04. The molecule has 2 aromatic rings. The van der Waals surface area contributed by atoms with E-state index in [1.54, 1.807) is 12.1 Å². The second-order valence-corrected chi connectivity index (χ2v) is 6.93. The lowest BCUT2D eigenvalue weighted by atomic mass is 9.80. The second-order valence-electron chi connectivity index (χ2n) is 6.93. The van der Waals surface area contributed by atoms with Crippen LogP contribution in [0, 0.1) is 12.7 Å². The molecular formula is C20H20FNO2. The van der Waals surface area contributed by atoms with Crippen LogP contribution in [0.1, 0.15) is 52.4 Å². The number of hydrogen-bond acceptors (Lipinski definition) is 3. The van der Waals surface area contributed by atoms with Crippen LogP contribution in [0.5, 0.6) is 0 Å². The van der Waals surface area contributed by atoms with Crippen molar-refractivity contribution in [2.75, 3.05) is 12.4 Å². The van der Waals surface area contributed by atoms with Crippen LogP contribution >= 0.6 is 0 Å².